The van der Waals surface area contributed by atoms with Gasteiger partial charge in [-0.25, -0.2) is 14.8 Å². The lowest BCUT2D eigenvalue weighted by Gasteiger charge is -2.36. The van der Waals surface area contributed by atoms with Gasteiger partial charge < -0.3 is 14.5 Å². The van der Waals surface area contributed by atoms with Crippen molar-refractivity contribution in [3.63, 3.8) is 0 Å². The number of nitrogens with zero attached hydrogens (tertiary/aromatic N) is 5. The van der Waals surface area contributed by atoms with E-state index < -0.39 is 5.60 Å². The van der Waals surface area contributed by atoms with Gasteiger partial charge in [-0.05, 0) is 39.8 Å². The number of ether oxygens (including phenoxy) is 1. The average Bonchev–Trinajstić information content (AvgIpc) is 2.61. The molecule has 0 bridgehead atoms. The number of carbonyl (C=O) groups excluding carboxylic acids is 1. The number of carbonyl (C=O) groups is 1. The largest absolute Gasteiger partial charge is 0.444 e. The molecule has 7 heteroatoms. The molecule has 2 aromatic heterocycles. The highest BCUT2D eigenvalue weighted by atomic mass is 16.6. The third-order valence-electron chi connectivity index (χ3n) is 4.03. The molecule has 138 valence electrons. The lowest BCUT2D eigenvalue weighted by atomic mass is 10.2. The fraction of sp³-hybridized carbons (Fsp3) is 0.474. The Balaban J connectivity index is 1.70. The summed E-state index contributed by atoms with van der Waals surface area (Å²) in [4.78, 5) is 29.4. The quantitative estimate of drug-likeness (QED) is 0.825. The first-order chi connectivity index (χ1) is 12.3. The standard InChI is InChI=1S/C19H25N5O2/c1-14-13-16(22-17(21-14)15-5-7-20-8-6-15)23-9-11-24(12-10-23)18(25)26-19(2,3)4/h5-8,13H,9-12H2,1-4H3. The van der Waals surface area contributed by atoms with Crippen molar-refractivity contribution in [3.8, 4) is 11.4 Å². The van der Waals surface area contributed by atoms with E-state index in [-0.39, 0.29) is 6.09 Å². The predicted molar refractivity (Wildman–Crippen MR) is 100 cm³/mol. The van der Waals surface area contributed by atoms with E-state index in [0.29, 0.717) is 32.0 Å². The molecule has 1 aliphatic rings. The second-order valence-electron chi connectivity index (χ2n) is 7.38. The van der Waals surface area contributed by atoms with Gasteiger partial charge in [-0.1, -0.05) is 0 Å². The Kier molecular flexibility index (Phi) is 5.06. The van der Waals surface area contributed by atoms with Gasteiger partial charge in [0.2, 0.25) is 0 Å². The Bertz CT molecular complexity index is 765. The van der Waals surface area contributed by atoms with E-state index in [0.717, 1.165) is 17.1 Å². The second kappa shape index (κ2) is 7.27. The molecule has 1 fully saturated rings. The van der Waals surface area contributed by atoms with Crippen molar-refractivity contribution in [1.82, 2.24) is 19.9 Å². The van der Waals surface area contributed by atoms with Crippen LogP contribution in [0.3, 0.4) is 0 Å². The van der Waals surface area contributed by atoms with Crippen LogP contribution in [0.2, 0.25) is 0 Å². The van der Waals surface area contributed by atoms with Gasteiger partial charge in [-0.2, -0.15) is 0 Å². The minimum atomic E-state index is -0.475. The van der Waals surface area contributed by atoms with E-state index in [1.165, 1.54) is 0 Å². The molecule has 0 radical (unpaired) electrons. The molecule has 1 aliphatic heterocycles. The van der Waals surface area contributed by atoms with Crippen molar-refractivity contribution in [2.24, 2.45) is 0 Å². The van der Waals surface area contributed by atoms with Crippen molar-refractivity contribution < 1.29 is 9.53 Å². The summed E-state index contributed by atoms with van der Waals surface area (Å²) in [5, 5.41) is 0. The number of rotatable bonds is 2. The molecule has 0 atom stereocenters. The summed E-state index contributed by atoms with van der Waals surface area (Å²) in [5.74, 6) is 1.57. The minimum Gasteiger partial charge on any atom is -0.444 e. The number of anilines is 1. The molecule has 1 amide bonds. The number of pyridine rings is 1. The Labute approximate surface area is 154 Å². The van der Waals surface area contributed by atoms with E-state index in [4.69, 9.17) is 9.72 Å². The van der Waals surface area contributed by atoms with Crippen LogP contribution in [0.1, 0.15) is 26.5 Å². The highest BCUT2D eigenvalue weighted by Gasteiger charge is 2.26. The van der Waals surface area contributed by atoms with Crippen molar-refractivity contribution in [2.45, 2.75) is 33.3 Å². The van der Waals surface area contributed by atoms with Crippen LogP contribution >= 0.6 is 0 Å². The van der Waals surface area contributed by atoms with Crippen molar-refractivity contribution >= 4 is 11.9 Å². The molecule has 0 spiro atoms. The molecular weight excluding hydrogens is 330 g/mol. The van der Waals surface area contributed by atoms with Crippen LogP contribution in [0.25, 0.3) is 11.4 Å². The lowest BCUT2D eigenvalue weighted by molar-refractivity contribution is 0.0240. The van der Waals surface area contributed by atoms with Crippen molar-refractivity contribution in [1.29, 1.82) is 0 Å². The molecule has 0 aliphatic carbocycles. The summed E-state index contributed by atoms with van der Waals surface area (Å²) in [5.41, 5.74) is 1.38. The van der Waals surface area contributed by atoms with Crippen LogP contribution in [-0.2, 0) is 4.74 Å². The molecule has 3 rings (SSSR count). The Morgan fingerprint density at radius 1 is 1.08 bits per heavy atom. The number of hydrogen-bond donors (Lipinski definition) is 0. The van der Waals surface area contributed by atoms with Crippen LogP contribution in [-0.4, -0.2) is 57.7 Å². The minimum absolute atomic E-state index is 0.256. The Morgan fingerprint density at radius 3 is 2.35 bits per heavy atom. The van der Waals surface area contributed by atoms with E-state index in [1.54, 1.807) is 17.3 Å². The molecular formula is C19H25N5O2. The first kappa shape index (κ1) is 18.1. The summed E-state index contributed by atoms with van der Waals surface area (Å²) >= 11 is 0. The van der Waals surface area contributed by atoms with Gasteiger partial charge in [0, 0.05) is 55.9 Å². The zero-order valence-electron chi connectivity index (χ0n) is 15.8. The molecule has 0 saturated carbocycles. The maximum atomic E-state index is 12.2. The highest BCUT2D eigenvalue weighted by molar-refractivity contribution is 5.68. The maximum Gasteiger partial charge on any atom is 0.410 e. The summed E-state index contributed by atoms with van der Waals surface area (Å²) in [6, 6.07) is 5.78. The van der Waals surface area contributed by atoms with E-state index in [9.17, 15) is 4.79 Å². The summed E-state index contributed by atoms with van der Waals surface area (Å²) in [7, 11) is 0. The summed E-state index contributed by atoms with van der Waals surface area (Å²) in [6.45, 7) is 10.3. The molecule has 0 N–H and O–H groups in total. The van der Waals surface area contributed by atoms with Crippen LogP contribution in [0.15, 0.2) is 30.6 Å². The normalized spacial score (nSPS) is 15.1. The molecule has 7 nitrogen and oxygen atoms in total. The molecule has 3 heterocycles. The smallest absolute Gasteiger partial charge is 0.410 e. The van der Waals surface area contributed by atoms with Crippen LogP contribution in [0.5, 0.6) is 0 Å². The van der Waals surface area contributed by atoms with Gasteiger partial charge in [0.05, 0.1) is 0 Å². The molecule has 2 aromatic rings. The summed E-state index contributed by atoms with van der Waals surface area (Å²) in [6.07, 6.45) is 3.22. The highest BCUT2D eigenvalue weighted by Crippen LogP contribution is 2.21. The van der Waals surface area contributed by atoms with Crippen molar-refractivity contribution in [2.75, 3.05) is 31.1 Å². The second-order valence-corrected chi connectivity index (χ2v) is 7.38. The predicted octanol–water partition coefficient (Wildman–Crippen LogP) is 2.90. The zero-order chi connectivity index (χ0) is 18.7. The molecule has 0 unspecified atom stereocenters. The Morgan fingerprint density at radius 2 is 1.73 bits per heavy atom. The molecule has 26 heavy (non-hydrogen) atoms. The van der Waals surface area contributed by atoms with Gasteiger partial charge in [-0.15, -0.1) is 0 Å². The third-order valence-corrected chi connectivity index (χ3v) is 4.03. The fourth-order valence-corrected chi connectivity index (χ4v) is 2.79. The first-order valence-electron chi connectivity index (χ1n) is 8.81. The SMILES string of the molecule is Cc1cc(N2CCN(C(=O)OC(C)(C)C)CC2)nc(-c2ccncc2)n1. The third kappa shape index (κ3) is 4.47. The van der Waals surface area contributed by atoms with Crippen LogP contribution in [0, 0.1) is 6.92 Å². The zero-order valence-corrected chi connectivity index (χ0v) is 15.8. The maximum absolute atomic E-state index is 12.2. The number of aromatic nitrogens is 3. The topological polar surface area (TPSA) is 71.5 Å². The van der Waals surface area contributed by atoms with E-state index >= 15 is 0 Å². The van der Waals surface area contributed by atoms with Gasteiger partial charge in [0.1, 0.15) is 11.4 Å². The monoisotopic (exact) mass is 355 g/mol. The van der Waals surface area contributed by atoms with Crippen molar-refractivity contribution in [3.05, 3.63) is 36.3 Å². The lowest BCUT2D eigenvalue weighted by Crippen LogP contribution is -2.50. The van der Waals surface area contributed by atoms with Gasteiger partial charge in [-0.3, -0.25) is 4.98 Å². The first-order valence-corrected chi connectivity index (χ1v) is 8.81. The van der Waals surface area contributed by atoms with E-state index in [2.05, 4.69) is 14.9 Å². The van der Waals surface area contributed by atoms with E-state index in [1.807, 2.05) is 45.9 Å². The molecule has 0 aromatic carbocycles. The average molecular weight is 355 g/mol. The summed E-state index contributed by atoms with van der Waals surface area (Å²) < 4.78 is 5.45. The fourth-order valence-electron chi connectivity index (χ4n) is 2.79. The Hall–Kier alpha value is -2.70. The van der Waals surface area contributed by atoms with Gasteiger partial charge in [0.15, 0.2) is 5.82 Å². The number of piperazine rings is 1. The number of aryl methyl sites for hydroxylation is 1. The van der Waals surface area contributed by atoms with Crippen LogP contribution < -0.4 is 4.90 Å². The molecule has 1 saturated heterocycles. The van der Waals surface area contributed by atoms with Crippen LogP contribution in [0.4, 0.5) is 10.6 Å². The van der Waals surface area contributed by atoms with Gasteiger partial charge >= 0.3 is 6.09 Å². The number of amides is 1. The van der Waals surface area contributed by atoms with Gasteiger partial charge in [0.25, 0.3) is 0 Å². The number of hydrogen-bond acceptors (Lipinski definition) is 6.